The van der Waals surface area contributed by atoms with Crippen LogP contribution < -0.4 is 11.1 Å². The van der Waals surface area contributed by atoms with E-state index in [9.17, 15) is 4.79 Å². The Morgan fingerprint density at radius 2 is 2.25 bits per heavy atom. The second-order valence-corrected chi connectivity index (χ2v) is 3.81. The molecule has 4 nitrogen and oxygen atoms in total. The lowest BCUT2D eigenvalue weighted by molar-refractivity contribution is -0.119. The summed E-state index contributed by atoms with van der Waals surface area (Å²) in [6.07, 6.45) is 2.54. The number of amides is 1. The smallest absolute Gasteiger partial charge is 0.234 e. The van der Waals surface area contributed by atoms with Crippen molar-refractivity contribution < 1.29 is 4.79 Å². The minimum absolute atomic E-state index is 0.320. The fourth-order valence-corrected chi connectivity index (χ4v) is 1.87. The molecule has 1 aromatic heterocycles. The Morgan fingerprint density at radius 1 is 1.50 bits per heavy atom. The molecule has 0 aliphatic carbocycles. The molecule has 84 valence electrons. The number of rotatable bonds is 4. The van der Waals surface area contributed by atoms with Crippen LogP contribution in [0.3, 0.4) is 0 Å². The summed E-state index contributed by atoms with van der Waals surface area (Å²) in [6, 6.07) is 7.69. The number of hydrogen-bond acceptors (Lipinski definition) is 2. The number of para-hydroxylation sites is 1. The van der Waals surface area contributed by atoms with E-state index in [1.165, 1.54) is 0 Å². The highest BCUT2D eigenvalue weighted by Crippen LogP contribution is 2.18. The maximum atomic E-state index is 11.1. The zero-order valence-electron chi connectivity index (χ0n) is 9.16. The van der Waals surface area contributed by atoms with Gasteiger partial charge in [0.1, 0.15) is 0 Å². The van der Waals surface area contributed by atoms with Crippen LogP contribution in [0.15, 0.2) is 30.5 Å². The van der Waals surface area contributed by atoms with Crippen LogP contribution in [0.4, 0.5) is 0 Å². The van der Waals surface area contributed by atoms with Gasteiger partial charge in [-0.1, -0.05) is 18.2 Å². The number of aromatic nitrogens is 1. The highest BCUT2D eigenvalue weighted by molar-refractivity contribution is 5.85. The number of primary amides is 1. The number of carbonyl (C=O) groups excluding carboxylic acids is 1. The average molecular weight is 217 g/mol. The Kier molecular flexibility index (Phi) is 2.92. The molecule has 0 aliphatic rings. The van der Waals surface area contributed by atoms with Crippen molar-refractivity contribution in [2.24, 2.45) is 5.73 Å². The monoisotopic (exact) mass is 217 g/mol. The molecule has 1 heterocycles. The molecule has 2 rings (SSSR count). The largest absolute Gasteiger partial charge is 0.368 e. The van der Waals surface area contributed by atoms with Gasteiger partial charge in [0.25, 0.3) is 0 Å². The standard InChI is InChI=1S/C12H15N3O/c1-14-11(12(13)16)6-8-7-15-10-5-3-2-4-9(8)10/h2-5,7,11,14-15H,6H2,1H3,(H2,13,16)/t11-/m0/s1. The molecule has 2 aromatic rings. The molecule has 1 amide bonds. The van der Waals surface area contributed by atoms with E-state index in [2.05, 4.69) is 10.3 Å². The van der Waals surface area contributed by atoms with Crippen molar-refractivity contribution in [2.45, 2.75) is 12.5 Å². The van der Waals surface area contributed by atoms with Crippen LogP contribution in [0.5, 0.6) is 0 Å². The summed E-state index contributed by atoms with van der Waals surface area (Å²) < 4.78 is 0. The Hall–Kier alpha value is -1.81. The van der Waals surface area contributed by atoms with Crippen molar-refractivity contribution in [2.75, 3.05) is 7.05 Å². The molecular formula is C12H15N3O. The molecule has 0 radical (unpaired) electrons. The highest BCUT2D eigenvalue weighted by Gasteiger charge is 2.15. The molecule has 0 bridgehead atoms. The first kappa shape index (κ1) is 10.7. The topological polar surface area (TPSA) is 70.9 Å². The first-order valence-electron chi connectivity index (χ1n) is 5.24. The van der Waals surface area contributed by atoms with Crippen LogP contribution in [0.2, 0.25) is 0 Å². The second kappa shape index (κ2) is 4.37. The van der Waals surface area contributed by atoms with Gasteiger partial charge in [-0.15, -0.1) is 0 Å². The summed E-state index contributed by atoms with van der Waals surface area (Å²) in [7, 11) is 1.74. The van der Waals surface area contributed by atoms with Gasteiger partial charge in [-0.05, 0) is 25.1 Å². The third kappa shape index (κ3) is 1.92. The van der Waals surface area contributed by atoms with Crippen LogP contribution in [0.1, 0.15) is 5.56 Å². The van der Waals surface area contributed by atoms with E-state index >= 15 is 0 Å². The first-order chi connectivity index (χ1) is 7.72. The van der Waals surface area contributed by atoms with Crippen LogP contribution in [-0.2, 0) is 11.2 Å². The third-order valence-electron chi connectivity index (χ3n) is 2.79. The Balaban J connectivity index is 2.30. The molecule has 0 unspecified atom stereocenters. The van der Waals surface area contributed by atoms with Gasteiger partial charge in [0.15, 0.2) is 0 Å². The van der Waals surface area contributed by atoms with Gasteiger partial charge in [-0.25, -0.2) is 0 Å². The normalized spacial score (nSPS) is 12.8. The summed E-state index contributed by atoms with van der Waals surface area (Å²) in [5, 5.41) is 4.06. The second-order valence-electron chi connectivity index (χ2n) is 3.81. The number of fused-ring (bicyclic) bond motifs is 1. The number of nitrogens with two attached hydrogens (primary N) is 1. The number of nitrogens with one attached hydrogen (secondary N) is 2. The molecule has 4 N–H and O–H groups in total. The summed E-state index contributed by atoms with van der Waals surface area (Å²) in [5.74, 6) is -0.326. The lowest BCUT2D eigenvalue weighted by Gasteiger charge is -2.10. The van der Waals surface area contributed by atoms with Gasteiger partial charge in [0.2, 0.25) is 5.91 Å². The fraction of sp³-hybridized carbons (Fsp3) is 0.250. The number of aromatic amines is 1. The van der Waals surface area contributed by atoms with Crippen LogP contribution >= 0.6 is 0 Å². The minimum Gasteiger partial charge on any atom is -0.368 e. The molecule has 0 fully saturated rings. The van der Waals surface area contributed by atoms with Crippen molar-refractivity contribution in [1.29, 1.82) is 0 Å². The van der Waals surface area contributed by atoms with Gasteiger partial charge < -0.3 is 16.0 Å². The molecule has 0 spiro atoms. The molecule has 4 heteroatoms. The van der Waals surface area contributed by atoms with Crippen molar-refractivity contribution in [3.8, 4) is 0 Å². The lowest BCUT2D eigenvalue weighted by Crippen LogP contribution is -2.40. The summed E-state index contributed by atoms with van der Waals surface area (Å²) in [4.78, 5) is 14.3. The molecule has 0 saturated carbocycles. The maximum Gasteiger partial charge on any atom is 0.234 e. The van der Waals surface area contributed by atoms with Gasteiger partial charge in [0.05, 0.1) is 6.04 Å². The molecule has 16 heavy (non-hydrogen) atoms. The molecule has 0 aliphatic heterocycles. The summed E-state index contributed by atoms with van der Waals surface area (Å²) >= 11 is 0. The summed E-state index contributed by atoms with van der Waals surface area (Å²) in [6.45, 7) is 0. The van der Waals surface area contributed by atoms with E-state index in [1.807, 2.05) is 30.5 Å². The van der Waals surface area contributed by atoms with Crippen LogP contribution in [0, 0.1) is 0 Å². The number of carbonyl (C=O) groups is 1. The Bertz CT molecular complexity index is 504. The number of benzene rings is 1. The van der Waals surface area contributed by atoms with E-state index < -0.39 is 0 Å². The predicted octanol–water partition coefficient (Wildman–Crippen LogP) is 0.784. The van der Waals surface area contributed by atoms with E-state index in [1.54, 1.807) is 7.05 Å². The Labute approximate surface area is 93.8 Å². The molecule has 0 saturated heterocycles. The zero-order valence-corrected chi connectivity index (χ0v) is 9.16. The zero-order chi connectivity index (χ0) is 11.5. The average Bonchev–Trinajstić information content (AvgIpc) is 2.69. The Morgan fingerprint density at radius 3 is 2.94 bits per heavy atom. The molecular weight excluding hydrogens is 202 g/mol. The van der Waals surface area contributed by atoms with E-state index in [-0.39, 0.29) is 11.9 Å². The van der Waals surface area contributed by atoms with Crippen LogP contribution in [0.25, 0.3) is 10.9 Å². The predicted molar refractivity (Wildman–Crippen MR) is 64.0 cm³/mol. The number of H-pyrrole nitrogens is 1. The highest BCUT2D eigenvalue weighted by atomic mass is 16.1. The van der Waals surface area contributed by atoms with E-state index in [0.717, 1.165) is 16.5 Å². The van der Waals surface area contributed by atoms with E-state index in [0.29, 0.717) is 6.42 Å². The SMILES string of the molecule is CN[C@@H](Cc1c[nH]c2ccccc12)C(N)=O. The van der Waals surface area contributed by atoms with Crippen molar-refractivity contribution in [3.63, 3.8) is 0 Å². The van der Waals surface area contributed by atoms with Gasteiger partial charge in [-0.2, -0.15) is 0 Å². The van der Waals surface area contributed by atoms with Gasteiger partial charge >= 0.3 is 0 Å². The molecule has 1 atom stereocenters. The molecule has 1 aromatic carbocycles. The maximum absolute atomic E-state index is 11.1. The van der Waals surface area contributed by atoms with Gasteiger partial charge in [0, 0.05) is 17.1 Å². The minimum atomic E-state index is -0.326. The number of likely N-dealkylation sites (N-methyl/N-ethyl adjacent to an activating group) is 1. The quantitative estimate of drug-likeness (QED) is 0.708. The summed E-state index contributed by atoms with van der Waals surface area (Å²) in [5.41, 5.74) is 7.48. The number of hydrogen-bond donors (Lipinski definition) is 3. The third-order valence-corrected chi connectivity index (χ3v) is 2.79. The van der Waals surface area contributed by atoms with Gasteiger partial charge in [-0.3, -0.25) is 4.79 Å². The van der Waals surface area contributed by atoms with Crippen LogP contribution in [-0.4, -0.2) is 24.0 Å². The van der Waals surface area contributed by atoms with Crippen molar-refractivity contribution >= 4 is 16.8 Å². The first-order valence-corrected chi connectivity index (χ1v) is 5.24. The lowest BCUT2D eigenvalue weighted by atomic mass is 10.0. The van der Waals surface area contributed by atoms with Crippen molar-refractivity contribution in [1.82, 2.24) is 10.3 Å². The van der Waals surface area contributed by atoms with E-state index in [4.69, 9.17) is 5.73 Å². The fourth-order valence-electron chi connectivity index (χ4n) is 1.87. The van der Waals surface area contributed by atoms with Crippen molar-refractivity contribution in [3.05, 3.63) is 36.0 Å².